The second-order valence-corrected chi connectivity index (χ2v) is 4.40. The Labute approximate surface area is 107 Å². The van der Waals surface area contributed by atoms with Gasteiger partial charge in [0.15, 0.2) is 0 Å². The largest absolute Gasteiger partial charge is 0.385 e. The van der Waals surface area contributed by atoms with E-state index in [9.17, 15) is 0 Å². The molecule has 0 saturated carbocycles. The highest BCUT2D eigenvalue weighted by Gasteiger charge is 2.13. The molecular formula is C12H17Cl2NO. The molecule has 4 heteroatoms. The molecule has 0 aliphatic carbocycles. The first-order valence-electron chi connectivity index (χ1n) is 5.30. The summed E-state index contributed by atoms with van der Waals surface area (Å²) in [6.07, 6.45) is 1.97. The van der Waals surface area contributed by atoms with Gasteiger partial charge in [-0.2, -0.15) is 0 Å². The highest BCUT2D eigenvalue weighted by atomic mass is 35.5. The highest BCUT2D eigenvalue weighted by Crippen LogP contribution is 2.31. The zero-order chi connectivity index (χ0) is 12.0. The van der Waals surface area contributed by atoms with Gasteiger partial charge in [0.25, 0.3) is 0 Å². The molecule has 1 aromatic rings. The highest BCUT2D eigenvalue weighted by molar-refractivity contribution is 6.42. The number of hydrogen-bond donors (Lipinski definition) is 1. The van der Waals surface area contributed by atoms with Crippen LogP contribution in [0.2, 0.25) is 10.0 Å². The first kappa shape index (κ1) is 13.8. The van der Waals surface area contributed by atoms with Gasteiger partial charge < -0.3 is 10.1 Å². The Kier molecular flexibility index (Phi) is 6.14. The summed E-state index contributed by atoms with van der Waals surface area (Å²) < 4.78 is 5.04. The fourth-order valence-electron chi connectivity index (χ4n) is 1.68. The maximum atomic E-state index is 6.18. The van der Waals surface area contributed by atoms with E-state index in [0.29, 0.717) is 10.0 Å². The van der Waals surface area contributed by atoms with Gasteiger partial charge >= 0.3 is 0 Å². The minimum absolute atomic E-state index is 0.223. The monoisotopic (exact) mass is 261 g/mol. The van der Waals surface area contributed by atoms with Crippen LogP contribution in [0.25, 0.3) is 0 Å². The van der Waals surface area contributed by atoms with Crippen LogP contribution in [0.3, 0.4) is 0 Å². The van der Waals surface area contributed by atoms with Gasteiger partial charge in [-0.15, -0.1) is 0 Å². The Balaban J connectivity index is 2.74. The summed E-state index contributed by atoms with van der Waals surface area (Å²) in [4.78, 5) is 0. The van der Waals surface area contributed by atoms with E-state index in [0.717, 1.165) is 25.0 Å². The van der Waals surface area contributed by atoms with Crippen LogP contribution in [0.4, 0.5) is 0 Å². The van der Waals surface area contributed by atoms with Crippen molar-refractivity contribution in [1.82, 2.24) is 5.32 Å². The van der Waals surface area contributed by atoms with E-state index in [1.807, 2.05) is 19.2 Å². The molecule has 0 bridgehead atoms. The quantitative estimate of drug-likeness (QED) is 0.789. The molecule has 0 saturated heterocycles. The molecule has 90 valence electrons. The van der Waals surface area contributed by atoms with Gasteiger partial charge in [-0.25, -0.2) is 0 Å². The van der Waals surface area contributed by atoms with E-state index in [1.165, 1.54) is 0 Å². The summed E-state index contributed by atoms with van der Waals surface area (Å²) in [5, 5.41) is 4.49. The molecule has 1 atom stereocenters. The molecule has 0 fully saturated rings. The van der Waals surface area contributed by atoms with Gasteiger partial charge in [0.2, 0.25) is 0 Å². The van der Waals surface area contributed by atoms with Gasteiger partial charge in [-0.1, -0.05) is 35.3 Å². The molecule has 1 aromatic carbocycles. The predicted molar refractivity (Wildman–Crippen MR) is 69.4 cm³/mol. The third kappa shape index (κ3) is 3.63. The molecule has 0 heterocycles. The molecule has 1 N–H and O–H groups in total. The molecule has 16 heavy (non-hydrogen) atoms. The number of halogens is 2. The maximum absolute atomic E-state index is 6.18. The van der Waals surface area contributed by atoms with Crippen LogP contribution in [0.1, 0.15) is 24.4 Å². The Bertz CT molecular complexity index is 331. The molecule has 1 rings (SSSR count). The molecule has 0 aliphatic heterocycles. The Morgan fingerprint density at radius 3 is 2.75 bits per heavy atom. The number of ether oxygens (including phenoxy) is 1. The zero-order valence-electron chi connectivity index (χ0n) is 9.59. The third-order valence-electron chi connectivity index (χ3n) is 2.55. The van der Waals surface area contributed by atoms with E-state index in [1.54, 1.807) is 13.2 Å². The lowest BCUT2D eigenvalue weighted by Crippen LogP contribution is -2.17. The van der Waals surface area contributed by atoms with Crippen LogP contribution in [0.15, 0.2) is 18.2 Å². The number of methoxy groups -OCH3 is 1. The minimum atomic E-state index is 0.223. The van der Waals surface area contributed by atoms with Crippen molar-refractivity contribution in [3.8, 4) is 0 Å². The van der Waals surface area contributed by atoms with Crippen molar-refractivity contribution in [2.75, 3.05) is 20.8 Å². The average molecular weight is 262 g/mol. The van der Waals surface area contributed by atoms with Crippen molar-refractivity contribution in [2.45, 2.75) is 18.9 Å². The maximum Gasteiger partial charge on any atom is 0.0640 e. The Morgan fingerprint density at radius 2 is 2.12 bits per heavy atom. The minimum Gasteiger partial charge on any atom is -0.385 e. The van der Waals surface area contributed by atoms with Crippen LogP contribution in [0.5, 0.6) is 0 Å². The van der Waals surface area contributed by atoms with Crippen LogP contribution in [-0.4, -0.2) is 20.8 Å². The molecule has 0 aromatic heterocycles. The summed E-state index contributed by atoms with van der Waals surface area (Å²) in [5.74, 6) is 0. The summed E-state index contributed by atoms with van der Waals surface area (Å²) in [5.41, 5.74) is 1.05. The zero-order valence-corrected chi connectivity index (χ0v) is 11.1. The van der Waals surface area contributed by atoms with Gasteiger partial charge in [0.1, 0.15) is 0 Å². The van der Waals surface area contributed by atoms with E-state index in [2.05, 4.69) is 5.32 Å². The lowest BCUT2D eigenvalue weighted by atomic mass is 10.0. The van der Waals surface area contributed by atoms with Crippen molar-refractivity contribution >= 4 is 23.2 Å². The summed E-state index contributed by atoms with van der Waals surface area (Å²) in [6, 6.07) is 5.95. The summed E-state index contributed by atoms with van der Waals surface area (Å²) in [6.45, 7) is 0.760. The molecule has 0 aliphatic rings. The molecule has 0 radical (unpaired) electrons. The number of rotatable bonds is 6. The SMILES string of the molecule is CNC(CCCOC)c1cccc(Cl)c1Cl. The van der Waals surface area contributed by atoms with Gasteiger partial charge in [-0.3, -0.25) is 0 Å². The summed E-state index contributed by atoms with van der Waals surface area (Å²) in [7, 11) is 3.63. The molecule has 0 amide bonds. The van der Waals surface area contributed by atoms with Crippen LogP contribution in [-0.2, 0) is 4.74 Å². The van der Waals surface area contributed by atoms with Crippen molar-refractivity contribution in [1.29, 1.82) is 0 Å². The summed E-state index contributed by atoms with van der Waals surface area (Å²) >= 11 is 12.2. The normalized spacial score (nSPS) is 12.8. The lowest BCUT2D eigenvalue weighted by Gasteiger charge is -2.18. The van der Waals surface area contributed by atoms with Crippen molar-refractivity contribution in [3.05, 3.63) is 33.8 Å². The van der Waals surface area contributed by atoms with Crippen molar-refractivity contribution in [2.24, 2.45) is 0 Å². The Hall–Kier alpha value is -0.280. The molecular weight excluding hydrogens is 245 g/mol. The number of nitrogens with one attached hydrogen (secondary N) is 1. The second-order valence-electron chi connectivity index (χ2n) is 3.62. The first-order valence-corrected chi connectivity index (χ1v) is 6.06. The van der Waals surface area contributed by atoms with Gasteiger partial charge in [0.05, 0.1) is 10.0 Å². The van der Waals surface area contributed by atoms with Crippen molar-refractivity contribution < 1.29 is 4.74 Å². The van der Waals surface area contributed by atoms with E-state index in [-0.39, 0.29) is 6.04 Å². The van der Waals surface area contributed by atoms with E-state index in [4.69, 9.17) is 27.9 Å². The first-order chi connectivity index (χ1) is 7.70. The number of hydrogen-bond acceptors (Lipinski definition) is 2. The molecule has 0 spiro atoms. The van der Waals surface area contributed by atoms with Crippen LogP contribution in [0, 0.1) is 0 Å². The van der Waals surface area contributed by atoms with Crippen molar-refractivity contribution in [3.63, 3.8) is 0 Å². The molecule has 2 nitrogen and oxygen atoms in total. The van der Waals surface area contributed by atoms with Gasteiger partial charge in [0, 0.05) is 19.8 Å². The van der Waals surface area contributed by atoms with E-state index >= 15 is 0 Å². The second kappa shape index (κ2) is 7.13. The fraction of sp³-hybridized carbons (Fsp3) is 0.500. The lowest BCUT2D eigenvalue weighted by molar-refractivity contribution is 0.189. The smallest absolute Gasteiger partial charge is 0.0640 e. The van der Waals surface area contributed by atoms with Gasteiger partial charge in [-0.05, 0) is 31.5 Å². The fourth-order valence-corrected chi connectivity index (χ4v) is 2.12. The molecule has 1 unspecified atom stereocenters. The average Bonchev–Trinajstić information content (AvgIpc) is 2.29. The van der Waals surface area contributed by atoms with E-state index < -0.39 is 0 Å². The third-order valence-corrected chi connectivity index (χ3v) is 3.38. The predicted octanol–water partition coefficient (Wildman–Crippen LogP) is 3.68. The van der Waals surface area contributed by atoms with Crippen LogP contribution >= 0.6 is 23.2 Å². The Morgan fingerprint density at radius 1 is 1.38 bits per heavy atom. The van der Waals surface area contributed by atoms with Crippen LogP contribution < -0.4 is 5.32 Å². The topological polar surface area (TPSA) is 21.3 Å². The standard InChI is InChI=1S/C12H17Cl2NO/c1-15-11(7-4-8-16-2)9-5-3-6-10(13)12(9)14/h3,5-6,11,15H,4,7-8H2,1-2H3. The number of benzene rings is 1.